The van der Waals surface area contributed by atoms with E-state index in [1.54, 1.807) is 23.0 Å². The minimum absolute atomic E-state index is 0.102. The highest BCUT2D eigenvalue weighted by Crippen LogP contribution is 2.18. The standard InChI is InChI=1S/C13H15ClFN3/c1-9(2)16-6-10-7-17-18(8-10)11-3-4-13(15)12(14)5-11/h3-5,7-9,16H,6H2,1-2H3. The molecular weight excluding hydrogens is 253 g/mol. The van der Waals surface area contributed by atoms with E-state index >= 15 is 0 Å². The summed E-state index contributed by atoms with van der Waals surface area (Å²) in [6, 6.07) is 4.97. The van der Waals surface area contributed by atoms with Crippen LogP contribution in [0.5, 0.6) is 0 Å². The van der Waals surface area contributed by atoms with Gasteiger partial charge in [0.1, 0.15) is 5.82 Å². The van der Waals surface area contributed by atoms with Crippen LogP contribution in [0.15, 0.2) is 30.6 Å². The van der Waals surface area contributed by atoms with Crippen molar-refractivity contribution in [1.29, 1.82) is 0 Å². The van der Waals surface area contributed by atoms with Crippen molar-refractivity contribution in [3.63, 3.8) is 0 Å². The fourth-order valence-corrected chi connectivity index (χ4v) is 1.72. The van der Waals surface area contributed by atoms with Crippen LogP contribution < -0.4 is 5.32 Å². The number of rotatable bonds is 4. The van der Waals surface area contributed by atoms with E-state index in [0.29, 0.717) is 6.04 Å². The van der Waals surface area contributed by atoms with Gasteiger partial charge in [-0.05, 0) is 18.2 Å². The second-order valence-corrected chi connectivity index (χ2v) is 4.83. The summed E-state index contributed by atoms with van der Waals surface area (Å²) in [6.45, 7) is 4.93. The van der Waals surface area contributed by atoms with Gasteiger partial charge in [0.05, 0.1) is 16.9 Å². The van der Waals surface area contributed by atoms with Crippen molar-refractivity contribution in [3.8, 4) is 5.69 Å². The molecule has 3 nitrogen and oxygen atoms in total. The van der Waals surface area contributed by atoms with Crippen LogP contribution in [0.25, 0.3) is 5.69 Å². The average molecular weight is 268 g/mol. The summed E-state index contributed by atoms with van der Waals surface area (Å²) in [7, 11) is 0. The quantitative estimate of drug-likeness (QED) is 0.922. The van der Waals surface area contributed by atoms with Crippen LogP contribution in [-0.2, 0) is 6.54 Å². The molecule has 0 bridgehead atoms. The number of aromatic nitrogens is 2. The first-order valence-corrected chi connectivity index (χ1v) is 6.16. The molecule has 1 aromatic heterocycles. The number of nitrogens with zero attached hydrogens (tertiary/aromatic N) is 2. The Labute approximate surface area is 111 Å². The summed E-state index contributed by atoms with van der Waals surface area (Å²) in [5, 5.41) is 7.64. The Morgan fingerprint density at radius 1 is 1.44 bits per heavy atom. The van der Waals surface area contributed by atoms with Crippen LogP contribution in [0.1, 0.15) is 19.4 Å². The molecule has 0 aliphatic carbocycles. The molecule has 0 fully saturated rings. The predicted molar refractivity (Wildman–Crippen MR) is 70.5 cm³/mol. The van der Waals surface area contributed by atoms with Crippen molar-refractivity contribution >= 4 is 11.6 Å². The van der Waals surface area contributed by atoms with E-state index < -0.39 is 5.82 Å². The monoisotopic (exact) mass is 267 g/mol. The van der Waals surface area contributed by atoms with Gasteiger partial charge in [-0.25, -0.2) is 9.07 Å². The first kappa shape index (κ1) is 13.1. The average Bonchev–Trinajstić information content (AvgIpc) is 2.79. The Balaban J connectivity index is 2.16. The van der Waals surface area contributed by atoms with E-state index in [1.165, 1.54) is 6.07 Å². The van der Waals surface area contributed by atoms with Crippen LogP contribution in [-0.4, -0.2) is 15.8 Å². The normalized spacial score (nSPS) is 11.2. The predicted octanol–water partition coefficient (Wildman–Crippen LogP) is 3.16. The van der Waals surface area contributed by atoms with Gasteiger partial charge in [-0.1, -0.05) is 25.4 Å². The fourth-order valence-electron chi connectivity index (χ4n) is 1.54. The Kier molecular flexibility index (Phi) is 3.99. The van der Waals surface area contributed by atoms with Crippen molar-refractivity contribution in [1.82, 2.24) is 15.1 Å². The summed E-state index contributed by atoms with van der Waals surface area (Å²) in [4.78, 5) is 0. The van der Waals surface area contributed by atoms with Gasteiger partial charge in [-0.3, -0.25) is 0 Å². The maximum atomic E-state index is 13.1. The van der Waals surface area contributed by atoms with E-state index in [2.05, 4.69) is 24.3 Å². The zero-order valence-corrected chi connectivity index (χ0v) is 11.1. The lowest BCUT2D eigenvalue weighted by Crippen LogP contribution is -2.21. The highest BCUT2D eigenvalue weighted by Gasteiger charge is 2.05. The summed E-state index contributed by atoms with van der Waals surface area (Å²) in [6.07, 6.45) is 3.69. The van der Waals surface area contributed by atoms with E-state index in [9.17, 15) is 4.39 Å². The number of hydrogen-bond donors (Lipinski definition) is 1. The van der Waals surface area contributed by atoms with Gasteiger partial charge in [0.2, 0.25) is 0 Å². The number of nitrogens with one attached hydrogen (secondary N) is 1. The summed E-state index contributed by atoms with van der Waals surface area (Å²) in [5.41, 5.74) is 1.82. The lowest BCUT2D eigenvalue weighted by Gasteiger charge is -2.05. The van der Waals surface area contributed by atoms with Crippen molar-refractivity contribution in [2.75, 3.05) is 0 Å². The number of benzene rings is 1. The van der Waals surface area contributed by atoms with Gasteiger partial charge in [-0.2, -0.15) is 5.10 Å². The summed E-state index contributed by atoms with van der Waals surface area (Å²) in [5.74, 6) is -0.422. The Hall–Kier alpha value is -1.39. The fraction of sp³-hybridized carbons (Fsp3) is 0.308. The highest BCUT2D eigenvalue weighted by molar-refractivity contribution is 6.30. The smallest absolute Gasteiger partial charge is 0.141 e. The van der Waals surface area contributed by atoms with Crippen LogP contribution in [0, 0.1) is 5.82 Å². The SMILES string of the molecule is CC(C)NCc1cnn(-c2ccc(F)c(Cl)c2)c1. The summed E-state index contributed by atoms with van der Waals surface area (Å²) < 4.78 is 14.7. The number of hydrogen-bond acceptors (Lipinski definition) is 2. The molecule has 0 saturated carbocycles. The van der Waals surface area contributed by atoms with Gasteiger partial charge >= 0.3 is 0 Å². The third kappa shape index (κ3) is 3.09. The van der Waals surface area contributed by atoms with E-state index in [-0.39, 0.29) is 5.02 Å². The molecule has 0 aliphatic heterocycles. The molecule has 0 radical (unpaired) electrons. The lowest BCUT2D eigenvalue weighted by molar-refractivity contribution is 0.589. The molecule has 5 heteroatoms. The van der Waals surface area contributed by atoms with Gasteiger partial charge in [0.25, 0.3) is 0 Å². The zero-order chi connectivity index (χ0) is 13.1. The van der Waals surface area contributed by atoms with Crippen molar-refractivity contribution < 1.29 is 4.39 Å². The second kappa shape index (κ2) is 5.50. The first-order chi connectivity index (χ1) is 8.56. The molecule has 0 amide bonds. The Bertz CT molecular complexity index is 537. The maximum absolute atomic E-state index is 13.1. The van der Waals surface area contributed by atoms with Crippen molar-refractivity contribution in [3.05, 3.63) is 47.0 Å². The molecule has 1 heterocycles. The molecule has 1 N–H and O–H groups in total. The van der Waals surface area contributed by atoms with Gasteiger partial charge in [-0.15, -0.1) is 0 Å². The number of halogens is 2. The molecule has 18 heavy (non-hydrogen) atoms. The van der Waals surface area contributed by atoms with Crippen LogP contribution >= 0.6 is 11.6 Å². The van der Waals surface area contributed by atoms with E-state index in [4.69, 9.17) is 11.6 Å². The molecule has 0 spiro atoms. The minimum atomic E-state index is -0.422. The van der Waals surface area contributed by atoms with Crippen LogP contribution in [0.3, 0.4) is 0 Å². The van der Waals surface area contributed by atoms with Gasteiger partial charge in [0, 0.05) is 24.3 Å². The zero-order valence-electron chi connectivity index (χ0n) is 10.3. The molecule has 0 unspecified atom stereocenters. The third-order valence-electron chi connectivity index (χ3n) is 2.52. The molecule has 0 aliphatic rings. The molecule has 96 valence electrons. The molecule has 0 saturated heterocycles. The van der Waals surface area contributed by atoms with Gasteiger partial charge in [0.15, 0.2) is 0 Å². The molecule has 1 aromatic carbocycles. The Morgan fingerprint density at radius 2 is 2.22 bits per heavy atom. The lowest BCUT2D eigenvalue weighted by atomic mass is 10.3. The Morgan fingerprint density at radius 3 is 2.89 bits per heavy atom. The second-order valence-electron chi connectivity index (χ2n) is 4.43. The molecule has 2 aromatic rings. The first-order valence-electron chi connectivity index (χ1n) is 5.78. The van der Waals surface area contributed by atoms with Gasteiger partial charge < -0.3 is 5.32 Å². The van der Waals surface area contributed by atoms with E-state index in [0.717, 1.165) is 17.8 Å². The van der Waals surface area contributed by atoms with Crippen LogP contribution in [0.4, 0.5) is 4.39 Å². The molecular formula is C13H15ClFN3. The van der Waals surface area contributed by atoms with E-state index in [1.807, 2.05) is 6.20 Å². The largest absolute Gasteiger partial charge is 0.310 e. The minimum Gasteiger partial charge on any atom is -0.310 e. The maximum Gasteiger partial charge on any atom is 0.141 e. The highest BCUT2D eigenvalue weighted by atomic mass is 35.5. The van der Waals surface area contributed by atoms with Crippen molar-refractivity contribution in [2.45, 2.75) is 26.4 Å². The topological polar surface area (TPSA) is 29.9 Å². The van der Waals surface area contributed by atoms with Crippen molar-refractivity contribution in [2.24, 2.45) is 0 Å². The molecule has 2 rings (SSSR count). The third-order valence-corrected chi connectivity index (χ3v) is 2.81. The summed E-state index contributed by atoms with van der Waals surface area (Å²) >= 11 is 5.74. The molecule has 0 atom stereocenters. The van der Waals surface area contributed by atoms with Crippen LogP contribution in [0.2, 0.25) is 5.02 Å².